The number of aryl methyl sites for hydroxylation is 1. The SMILES string of the molecule is Cc1ccc(C2CCC(C)CC2)nc1. The van der Waals surface area contributed by atoms with Gasteiger partial charge in [-0.1, -0.05) is 25.8 Å². The standard InChI is InChI=1S/C13H19N/c1-10-3-6-12(7-4-10)13-8-5-11(2)9-14-13/h5,8-10,12H,3-4,6-7H2,1-2H3. The van der Waals surface area contributed by atoms with E-state index >= 15 is 0 Å². The number of rotatable bonds is 1. The number of hydrogen-bond acceptors (Lipinski definition) is 1. The van der Waals surface area contributed by atoms with Crippen LogP contribution in [0.3, 0.4) is 0 Å². The van der Waals surface area contributed by atoms with Crippen molar-refractivity contribution >= 4 is 0 Å². The van der Waals surface area contributed by atoms with Crippen LogP contribution < -0.4 is 0 Å². The van der Waals surface area contributed by atoms with Crippen LogP contribution in [0, 0.1) is 12.8 Å². The minimum Gasteiger partial charge on any atom is -0.261 e. The van der Waals surface area contributed by atoms with E-state index in [1.54, 1.807) is 0 Å². The first-order valence-corrected chi connectivity index (χ1v) is 5.68. The Morgan fingerprint density at radius 1 is 1.14 bits per heavy atom. The van der Waals surface area contributed by atoms with Crippen LogP contribution in [0.25, 0.3) is 0 Å². The summed E-state index contributed by atoms with van der Waals surface area (Å²) in [6.45, 7) is 4.46. The number of pyridine rings is 1. The highest BCUT2D eigenvalue weighted by atomic mass is 14.7. The summed E-state index contributed by atoms with van der Waals surface area (Å²) in [5.41, 5.74) is 2.57. The van der Waals surface area contributed by atoms with Gasteiger partial charge in [-0.05, 0) is 37.3 Å². The summed E-state index contributed by atoms with van der Waals surface area (Å²) in [6, 6.07) is 4.39. The number of hydrogen-bond donors (Lipinski definition) is 0. The average Bonchev–Trinajstić information content (AvgIpc) is 2.21. The predicted octanol–water partition coefficient (Wildman–Crippen LogP) is 3.68. The molecule has 1 aromatic rings. The van der Waals surface area contributed by atoms with Gasteiger partial charge in [0.15, 0.2) is 0 Å². The molecule has 1 nitrogen and oxygen atoms in total. The fourth-order valence-electron chi connectivity index (χ4n) is 2.28. The van der Waals surface area contributed by atoms with Gasteiger partial charge in [-0.3, -0.25) is 4.98 Å². The third kappa shape index (κ3) is 2.14. The molecule has 0 bridgehead atoms. The van der Waals surface area contributed by atoms with E-state index in [4.69, 9.17) is 0 Å². The molecular formula is C13H19N. The molecule has 1 heterocycles. The molecule has 0 aliphatic heterocycles. The molecule has 1 aliphatic carbocycles. The maximum absolute atomic E-state index is 4.53. The monoisotopic (exact) mass is 189 g/mol. The van der Waals surface area contributed by atoms with Crippen LogP contribution in [0.2, 0.25) is 0 Å². The molecule has 14 heavy (non-hydrogen) atoms. The lowest BCUT2D eigenvalue weighted by Crippen LogP contribution is -2.11. The van der Waals surface area contributed by atoms with Crippen molar-refractivity contribution in [1.29, 1.82) is 0 Å². The third-order valence-corrected chi connectivity index (χ3v) is 3.37. The van der Waals surface area contributed by atoms with Crippen LogP contribution in [-0.4, -0.2) is 4.98 Å². The van der Waals surface area contributed by atoms with Gasteiger partial charge in [0, 0.05) is 17.8 Å². The Kier molecular flexibility index (Phi) is 2.85. The summed E-state index contributed by atoms with van der Waals surface area (Å²) >= 11 is 0. The Bertz CT molecular complexity index is 281. The molecule has 1 aliphatic rings. The van der Waals surface area contributed by atoms with Gasteiger partial charge in [-0.15, -0.1) is 0 Å². The first-order chi connectivity index (χ1) is 6.75. The minimum absolute atomic E-state index is 0.729. The van der Waals surface area contributed by atoms with Crippen molar-refractivity contribution in [3.05, 3.63) is 29.6 Å². The molecule has 1 fully saturated rings. The van der Waals surface area contributed by atoms with Crippen molar-refractivity contribution in [3.8, 4) is 0 Å². The van der Waals surface area contributed by atoms with Crippen molar-refractivity contribution in [2.24, 2.45) is 5.92 Å². The topological polar surface area (TPSA) is 12.9 Å². The van der Waals surface area contributed by atoms with Crippen molar-refractivity contribution in [3.63, 3.8) is 0 Å². The lowest BCUT2D eigenvalue weighted by atomic mass is 9.81. The summed E-state index contributed by atoms with van der Waals surface area (Å²) in [6.07, 6.45) is 7.41. The molecule has 1 heteroatoms. The summed E-state index contributed by atoms with van der Waals surface area (Å²) in [7, 11) is 0. The highest BCUT2D eigenvalue weighted by molar-refractivity contribution is 5.15. The molecule has 0 radical (unpaired) electrons. The molecule has 0 atom stereocenters. The highest BCUT2D eigenvalue weighted by Gasteiger charge is 2.20. The Morgan fingerprint density at radius 2 is 1.86 bits per heavy atom. The Morgan fingerprint density at radius 3 is 2.43 bits per heavy atom. The summed E-state index contributed by atoms with van der Waals surface area (Å²) in [4.78, 5) is 4.53. The molecule has 0 saturated heterocycles. The molecule has 0 spiro atoms. The highest BCUT2D eigenvalue weighted by Crippen LogP contribution is 2.34. The summed E-state index contributed by atoms with van der Waals surface area (Å²) < 4.78 is 0. The van der Waals surface area contributed by atoms with Crippen molar-refractivity contribution in [1.82, 2.24) is 4.98 Å². The normalized spacial score (nSPS) is 27.6. The zero-order valence-corrected chi connectivity index (χ0v) is 9.16. The Balaban J connectivity index is 2.05. The molecule has 76 valence electrons. The lowest BCUT2D eigenvalue weighted by molar-refractivity contribution is 0.344. The zero-order valence-electron chi connectivity index (χ0n) is 9.16. The zero-order chi connectivity index (χ0) is 9.97. The van der Waals surface area contributed by atoms with Crippen LogP contribution >= 0.6 is 0 Å². The fraction of sp³-hybridized carbons (Fsp3) is 0.615. The average molecular weight is 189 g/mol. The third-order valence-electron chi connectivity index (χ3n) is 3.37. The summed E-state index contributed by atoms with van der Waals surface area (Å²) in [5, 5.41) is 0. The minimum atomic E-state index is 0.729. The van der Waals surface area contributed by atoms with Gasteiger partial charge in [0.05, 0.1) is 0 Å². The second kappa shape index (κ2) is 4.12. The molecule has 0 unspecified atom stereocenters. The van der Waals surface area contributed by atoms with E-state index in [2.05, 4.69) is 31.0 Å². The molecule has 0 aromatic carbocycles. The van der Waals surface area contributed by atoms with Crippen molar-refractivity contribution in [2.75, 3.05) is 0 Å². The van der Waals surface area contributed by atoms with E-state index in [1.807, 2.05) is 6.20 Å². The van der Waals surface area contributed by atoms with Gasteiger partial charge in [0.2, 0.25) is 0 Å². The van der Waals surface area contributed by atoms with Gasteiger partial charge in [-0.25, -0.2) is 0 Å². The quantitative estimate of drug-likeness (QED) is 0.656. The fourth-order valence-corrected chi connectivity index (χ4v) is 2.28. The largest absolute Gasteiger partial charge is 0.261 e. The number of nitrogens with zero attached hydrogens (tertiary/aromatic N) is 1. The Hall–Kier alpha value is -0.850. The van der Waals surface area contributed by atoms with Gasteiger partial charge >= 0.3 is 0 Å². The first-order valence-electron chi connectivity index (χ1n) is 5.68. The van der Waals surface area contributed by atoms with E-state index in [0.717, 1.165) is 11.8 Å². The maximum atomic E-state index is 4.53. The first kappa shape index (κ1) is 9.70. The van der Waals surface area contributed by atoms with E-state index < -0.39 is 0 Å². The second-order valence-corrected chi connectivity index (χ2v) is 4.72. The molecule has 0 N–H and O–H groups in total. The van der Waals surface area contributed by atoms with Crippen molar-refractivity contribution in [2.45, 2.75) is 45.4 Å². The second-order valence-electron chi connectivity index (χ2n) is 4.72. The maximum Gasteiger partial charge on any atom is 0.0434 e. The van der Waals surface area contributed by atoms with Crippen LogP contribution in [0.15, 0.2) is 18.3 Å². The van der Waals surface area contributed by atoms with E-state index in [-0.39, 0.29) is 0 Å². The van der Waals surface area contributed by atoms with Crippen LogP contribution in [0.5, 0.6) is 0 Å². The van der Waals surface area contributed by atoms with Gasteiger partial charge in [-0.2, -0.15) is 0 Å². The molecule has 0 amide bonds. The van der Waals surface area contributed by atoms with Crippen LogP contribution in [0.4, 0.5) is 0 Å². The van der Waals surface area contributed by atoms with E-state index in [0.29, 0.717) is 0 Å². The lowest BCUT2D eigenvalue weighted by Gasteiger charge is -2.25. The van der Waals surface area contributed by atoms with Crippen molar-refractivity contribution < 1.29 is 0 Å². The number of aromatic nitrogens is 1. The summed E-state index contributed by atoms with van der Waals surface area (Å²) in [5.74, 6) is 1.66. The molecule has 2 rings (SSSR count). The van der Waals surface area contributed by atoms with Gasteiger partial charge in [0.25, 0.3) is 0 Å². The smallest absolute Gasteiger partial charge is 0.0434 e. The molecule has 1 aromatic heterocycles. The van der Waals surface area contributed by atoms with Crippen LogP contribution in [-0.2, 0) is 0 Å². The van der Waals surface area contributed by atoms with E-state index in [1.165, 1.54) is 36.9 Å². The molecule has 1 saturated carbocycles. The van der Waals surface area contributed by atoms with Crippen LogP contribution in [0.1, 0.15) is 49.8 Å². The Labute approximate surface area is 86.6 Å². The van der Waals surface area contributed by atoms with E-state index in [9.17, 15) is 0 Å². The van der Waals surface area contributed by atoms with Gasteiger partial charge in [0.1, 0.15) is 0 Å². The van der Waals surface area contributed by atoms with Gasteiger partial charge < -0.3 is 0 Å². The molecular weight excluding hydrogens is 170 g/mol. The predicted molar refractivity (Wildman–Crippen MR) is 59.3 cm³/mol.